The molecule has 58 valence electrons. The Balaban J connectivity index is -0.000000107. The van der Waals surface area contributed by atoms with Crippen LogP contribution in [0, 0.1) is 5.92 Å². The first-order chi connectivity index (χ1) is 4.20. The zero-order valence-electron chi connectivity index (χ0n) is 7.66. The van der Waals surface area contributed by atoms with Gasteiger partial charge in [-0.25, -0.2) is 0 Å². The average molecular weight is 224 g/mol. The molecule has 0 heterocycles. The number of rotatable bonds is 4. The van der Waals surface area contributed by atoms with Crippen LogP contribution in [0.5, 0.6) is 0 Å². The first-order valence-electron chi connectivity index (χ1n) is 2.64. The molecule has 0 saturated heterocycles. The molecule has 0 aromatic carbocycles. The van der Waals surface area contributed by atoms with Gasteiger partial charge >= 0.3 is 51.5 Å². The van der Waals surface area contributed by atoms with Gasteiger partial charge in [0.25, 0.3) is 0 Å². The van der Waals surface area contributed by atoms with E-state index in [4.69, 9.17) is 15.3 Å². The number of carboxylic acid groups (broad SMARTS) is 1. The van der Waals surface area contributed by atoms with Crippen LogP contribution in [0.2, 0.25) is 0 Å². The standard InChI is InChI=1S/C5H10O4.Sr.2H/c6-2-4(3-7)1-5(8)9;;;/h4,6-7H,1-3H2,(H,8,9);;;/q;+2;2*-1. The van der Waals surface area contributed by atoms with Gasteiger partial charge in [-0.2, -0.15) is 0 Å². The van der Waals surface area contributed by atoms with Crippen molar-refractivity contribution >= 4 is 51.5 Å². The largest absolute Gasteiger partial charge is 2.00 e. The normalized spacial score (nSPS) is 9.10. The second kappa shape index (κ2) is 7.97. The molecule has 0 aliphatic rings. The van der Waals surface area contributed by atoms with Crippen LogP contribution in [0.4, 0.5) is 0 Å². The van der Waals surface area contributed by atoms with E-state index in [2.05, 4.69) is 0 Å². The first kappa shape index (κ1) is 13.5. The van der Waals surface area contributed by atoms with Gasteiger partial charge < -0.3 is 18.2 Å². The zero-order chi connectivity index (χ0) is 7.28. The average Bonchev–Trinajstić information content (AvgIpc) is 1.82. The van der Waals surface area contributed by atoms with Crippen molar-refractivity contribution in [2.45, 2.75) is 6.42 Å². The number of carbonyl (C=O) groups is 1. The molecule has 5 heteroatoms. The number of carboxylic acids is 1. The molecule has 0 bridgehead atoms. The Morgan fingerprint density at radius 3 is 1.90 bits per heavy atom. The smallest absolute Gasteiger partial charge is 1.00 e. The van der Waals surface area contributed by atoms with Crippen LogP contribution in [0.25, 0.3) is 0 Å². The summed E-state index contributed by atoms with van der Waals surface area (Å²) >= 11 is 0. The molecule has 0 rings (SSSR count). The summed E-state index contributed by atoms with van der Waals surface area (Å²) in [5, 5.41) is 24.8. The maximum atomic E-state index is 9.91. The van der Waals surface area contributed by atoms with E-state index < -0.39 is 11.9 Å². The third kappa shape index (κ3) is 6.98. The summed E-state index contributed by atoms with van der Waals surface area (Å²) in [5.74, 6) is -1.51. The van der Waals surface area contributed by atoms with E-state index in [9.17, 15) is 4.79 Å². The van der Waals surface area contributed by atoms with Gasteiger partial charge in [-0.1, -0.05) is 0 Å². The zero-order valence-corrected chi connectivity index (χ0v) is 9.13. The fourth-order valence-electron chi connectivity index (χ4n) is 0.434. The summed E-state index contributed by atoms with van der Waals surface area (Å²) in [7, 11) is 0. The molecule has 0 atom stereocenters. The Bertz CT molecular complexity index is 99.4. The van der Waals surface area contributed by atoms with Crippen molar-refractivity contribution in [2.75, 3.05) is 13.2 Å². The SMILES string of the molecule is O=C(O)CC(CO)CO.[H-].[H-].[Sr+2]. The second-order valence-electron chi connectivity index (χ2n) is 1.83. The van der Waals surface area contributed by atoms with Gasteiger partial charge in [-0.3, -0.25) is 4.79 Å². The van der Waals surface area contributed by atoms with E-state index in [1.807, 2.05) is 0 Å². The van der Waals surface area contributed by atoms with Crippen LogP contribution in [-0.4, -0.2) is 80.0 Å². The van der Waals surface area contributed by atoms with Crippen molar-refractivity contribution in [3.05, 3.63) is 0 Å². The van der Waals surface area contributed by atoms with E-state index in [1.54, 1.807) is 0 Å². The third-order valence-electron chi connectivity index (χ3n) is 0.980. The molecule has 10 heavy (non-hydrogen) atoms. The van der Waals surface area contributed by atoms with E-state index in [0.29, 0.717) is 0 Å². The molecule has 0 spiro atoms. The molecule has 0 radical (unpaired) electrons. The minimum atomic E-state index is -0.997. The quantitative estimate of drug-likeness (QED) is 0.530. The number of hydrogen-bond acceptors (Lipinski definition) is 3. The van der Waals surface area contributed by atoms with E-state index in [-0.39, 0.29) is 68.0 Å². The van der Waals surface area contributed by atoms with Gasteiger partial charge in [0.05, 0.1) is 6.42 Å². The van der Waals surface area contributed by atoms with Gasteiger partial charge in [0, 0.05) is 19.1 Å². The van der Waals surface area contributed by atoms with Gasteiger partial charge in [0.15, 0.2) is 0 Å². The van der Waals surface area contributed by atoms with Crippen molar-refractivity contribution in [2.24, 2.45) is 5.92 Å². The van der Waals surface area contributed by atoms with E-state index in [1.165, 1.54) is 0 Å². The first-order valence-corrected chi connectivity index (χ1v) is 2.64. The Kier molecular flexibility index (Phi) is 10.7. The summed E-state index contributed by atoms with van der Waals surface area (Å²) in [6.45, 7) is -0.550. The van der Waals surface area contributed by atoms with Gasteiger partial charge in [0.1, 0.15) is 0 Å². The van der Waals surface area contributed by atoms with Gasteiger partial charge in [0.2, 0.25) is 0 Å². The summed E-state index contributed by atoms with van der Waals surface area (Å²) in [4.78, 5) is 9.91. The molecule has 0 aliphatic carbocycles. The molecular weight excluding hydrogens is 212 g/mol. The molecule has 0 fully saturated rings. The van der Waals surface area contributed by atoms with Crippen LogP contribution in [0.15, 0.2) is 0 Å². The predicted octanol–water partition coefficient (Wildman–Crippen LogP) is -1.09. The van der Waals surface area contributed by atoms with E-state index in [0.717, 1.165) is 0 Å². The van der Waals surface area contributed by atoms with Crippen molar-refractivity contribution in [3.63, 3.8) is 0 Å². The van der Waals surface area contributed by atoms with Crippen LogP contribution in [-0.2, 0) is 4.79 Å². The van der Waals surface area contributed by atoms with Crippen LogP contribution >= 0.6 is 0 Å². The summed E-state index contributed by atoms with van der Waals surface area (Å²) < 4.78 is 0. The fraction of sp³-hybridized carbons (Fsp3) is 0.800. The van der Waals surface area contributed by atoms with Crippen LogP contribution in [0.3, 0.4) is 0 Å². The van der Waals surface area contributed by atoms with Crippen molar-refractivity contribution in [1.82, 2.24) is 0 Å². The summed E-state index contributed by atoms with van der Waals surface area (Å²) in [6.07, 6.45) is -0.174. The summed E-state index contributed by atoms with van der Waals surface area (Å²) in [6, 6.07) is 0. The van der Waals surface area contributed by atoms with Gasteiger partial charge in [-0.05, 0) is 0 Å². The third-order valence-corrected chi connectivity index (χ3v) is 0.980. The number of aliphatic hydroxyl groups excluding tert-OH is 2. The topological polar surface area (TPSA) is 77.8 Å². The molecular formula is C5H12O4Sr. The molecule has 0 amide bonds. The number of hydrogen-bond donors (Lipinski definition) is 3. The number of aliphatic carboxylic acids is 1. The molecule has 0 aromatic heterocycles. The van der Waals surface area contributed by atoms with Crippen LogP contribution < -0.4 is 0 Å². The minimum Gasteiger partial charge on any atom is -1.00 e. The van der Waals surface area contributed by atoms with E-state index >= 15 is 0 Å². The maximum absolute atomic E-state index is 9.91. The number of aliphatic hydroxyl groups is 2. The van der Waals surface area contributed by atoms with Crippen molar-refractivity contribution in [1.29, 1.82) is 0 Å². The second-order valence-corrected chi connectivity index (χ2v) is 1.83. The molecule has 0 saturated carbocycles. The monoisotopic (exact) mass is 224 g/mol. The summed E-state index contributed by atoms with van der Waals surface area (Å²) in [5.41, 5.74) is 0. The van der Waals surface area contributed by atoms with Gasteiger partial charge in [-0.15, -0.1) is 0 Å². The van der Waals surface area contributed by atoms with Crippen molar-refractivity contribution < 1.29 is 23.0 Å². The minimum absolute atomic E-state index is 0. The Morgan fingerprint density at radius 1 is 1.40 bits per heavy atom. The molecule has 0 aromatic rings. The molecule has 0 unspecified atom stereocenters. The maximum Gasteiger partial charge on any atom is 2.00 e. The van der Waals surface area contributed by atoms with Crippen molar-refractivity contribution in [3.8, 4) is 0 Å². The molecule has 3 N–H and O–H groups in total. The van der Waals surface area contributed by atoms with Crippen LogP contribution in [0.1, 0.15) is 9.27 Å². The predicted molar refractivity (Wildman–Crippen MR) is 37.9 cm³/mol. The molecule has 4 nitrogen and oxygen atoms in total. The Hall–Kier alpha value is 0.871. The molecule has 0 aliphatic heterocycles. The fourth-order valence-corrected chi connectivity index (χ4v) is 0.434. The Morgan fingerprint density at radius 2 is 1.80 bits per heavy atom. The Labute approximate surface area is 99.1 Å².